The number of carboxylic acids is 1. The first-order chi connectivity index (χ1) is 19.1. The number of carboxylic acid groups (broad SMARTS) is 1. The van der Waals surface area contributed by atoms with E-state index in [1.54, 1.807) is 0 Å². The highest BCUT2D eigenvalue weighted by Gasteiger charge is 2.13. The van der Waals surface area contributed by atoms with E-state index in [9.17, 15) is 9.59 Å². The molecule has 0 fully saturated rings. The summed E-state index contributed by atoms with van der Waals surface area (Å²) in [6.45, 7) is 4.44. The van der Waals surface area contributed by atoms with Gasteiger partial charge < -0.3 is 9.84 Å². The van der Waals surface area contributed by atoms with Crippen LogP contribution in [0, 0.1) is 0 Å². The fourth-order valence-electron chi connectivity index (χ4n) is 5.23. The average molecular weight is 551 g/mol. The summed E-state index contributed by atoms with van der Waals surface area (Å²) < 4.78 is 5.83. The summed E-state index contributed by atoms with van der Waals surface area (Å²) >= 11 is 0. The van der Waals surface area contributed by atoms with Crippen molar-refractivity contribution >= 4 is 11.9 Å². The molecule has 4 nitrogen and oxygen atoms in total. The number of aliphatic carboxylic acids is 1. The van der Waals surface area contributed by atoms with Crippen LogP contribution in [0.25, 0.3) is 0 Å². The molecule has 1 unspecified atom stereocenters. The number of unbranched alkanes of at least 4 members (excludes halogenated alkanes) is 20. The number of rotatable bonds is 31. The first kappa shape index (κ1) is 37.7. The van der Waals surface area contributed by atoms with E-state index in [1.165, 1.54) is 109 Å². The highest BCUT2D eigenvalue weighted by Crippen LogP contribution is 2.17. The third-order valence-electron chi connectivity index (χ3n) is 7.72. The van der Waals surface area contributed by atoms with Crippen molar-refractivity contribution in [3.8, 4) is 0 Å². The average Bonchev–Trinajstić information content (AvgIpc) is 2.91. The Morgan fingerprint density at radius 2 is 0.974 bits per heavy atom. The fraction of sp³-hybridized carbons (Fsp3) is 0.886. The second-order valence-corrected chi connectivity index (χ2v) is 11.7. The number of hydrogen-bond donors (Lipinski definition) is 1. The third-order valence-corrected chi connectivity index (χ3v) is 7.72. The van der Waals surface area contributed by atoms with E-state index in [1.807, 2.05) is 0 Å². The summed E-state index contributed by atoms with van der Waals surface area (Å²) in [5, 5.41) is 8.65. The summed E-state index contributed by atoms with van der Waals surface area (Å²) in [5.41, 5.74) is 0. The maximum atomic E-state index is 12.3. The summed E-state index contributed by atoms with van der Waals surface area (Å²) in [4.78, 5) is 22.8. The van der Waals surface area contributed by atoms with Crippen molar-refractivity contribution in [2.75, 3.05) is 0 Å². The molecule has 0 spiro atoms. The van der Waals surface area contributed by atoms with Gasteiger partial charge >= 0.3 is 11.9 Å². The molecule has 0 rings (SSSR count). The van der Waals surface area contributed by atoms with Gasteiger partial charge in [-0.05, 0) is 57.8 Å². The molecule has 0 amide bonds. The smallest absolute Gasteiger partial charge is 0.306 e. The molecule has 0 saturated heterocycles. The van der Waals surface area contributed by atoms with Crippen molar-refractivity contribution in [3.05, 3.63) is 12.2 Å². The zero-order chi connectivity index (χ0) is 28.7. The van der Waals surface area contributed by atoms with E-state index < -0.39 is 5.97 Å². The number of carbonyl (C=O) groups excluding carboxylic acids is 1. The minimum Gasteiger partial charge on any atom is -0.481 e. The second-order valence-electron chi connectivity index (χ2n) is 11.7. The van der Waals surface area contributed by atoms with Crippen molar-refractivity contribution in [2.45, 2.75) is 200 Å². The van der Waals surface area contributed by atoms with Crippen LogP contribution in [0.4, 0.5) is 0 Å². The molecule has 0 aliphatic heterocycles. The molecule has 1 N–H and O–H groups in total. The third kappa shape index (κ3) is 31.1. The maximum Gasteiger partial charge on any atom is 0.306 e. The zero-order valence-electron chi connectivity index (χ0n) is 26.2. The van der Waals surface area contributed by atoms with Gasteiger partial charge in [0.15, 0.2) is 0 Å². The molecule has 0 aliphatic carbocycles. The molecule has 0 aromatic heterocycles. The van der Waals surface area contributed by atoms with E-state index in [0.717, 1.165) is 57.8 Å². The second kappa shape index (κ2) is 31.2. The Morgan fingerprint density at radius 1 is 0.538 bits per heavy atom. The van der Waals surface area contributed by atoms with Gasteiger partial charge in [-0.2, -0.15) is 0 Å². The van der Waals surface area contributed by atoms with Crippen LogP contribution in [0.15, 0.2) is 12.2 Å². The van der Waals surface area contributed by atoms with Gasteiger partial charge in [-0.15, -0.1) is 0 Å². The molecule has 0 aliphatic rings. The molecule has 0 aromatic carbocycles. The Balaban J connectivity index is 3.57. The first-order valence-electron chi connectivity index (χ1n) is 17.2. The lowest BCUT2D eigenvalue weighted by Crippen LogP contribution is -2.18. The van der Waals surface area contributed by atoms with Crippen LogP contribution in [0.5, 0.6) is 0 Å². The Kier molecular flexibility index (Phi) is 30.2. The number of esters is 1. The Labute approximate surface area is 243 Å². The van der Waals surface area contributed by atoms with Gasteiger partial charge in [-0.25, -0.2) is 0 Å². The minimum absolute atomic E-state index is 0.00873. The lowest BCUT2D eigenvalue weighted by atomic mass is 10.0. The van der Waals surface area contributed by atoms with Gasteiger partial charge in [0.2, 0.25) is 0 Å². The van der Waals surface area contributed by atoms with Crippen molar-refractivity contribution in [2.24, 2.45) is 0 Å². The standard InChI is InChI=1S/C35H66O4/c1-3-5-6-7-8-9-10-11-12-13-14-19-22-25-28-32-35(38)39-33(29-4-2)30-26-23-20-17-15-16-18-21-24-27-31-34(36)37/h11-12,33H,3-10,13-32H2,1-2H3,(H,36,37)/b12-11-. The molecular weight excluding hydrogens is 484 g/mol. The van der Waals surface area contributed by atoms with E-state index in [4.69, 9.17) is 9.84 Å². The summed E-state index contributed by atoms with van der Waals surface area (Å²) in [7, 11) is 0. The fourth-order valence-corrected chi connectivity index (χ4v) is 5.23. The van der Waals surface area contributed by atoms with Gasteiger partial charge in [0.25, 0.3) is 0 Å². The molecule has 0 bridgehead atoms. The SMILES string of the molecule is CCCCCCCC/C=C\CCCCCCCC(=O)OC(CCC)CCCCCCCCCCCCC(=O)O. The molecule has 0 saturated carbocycles. The monoisotopic (exact) mass is 550 g/mol. The van der Waals surface area contributed by atoms with Crippen LogP contribution in [0.2, 0.25) is 0 Å². The van der Waals surface area contributed by atoms with E-state index in [0.29, 0.717) is 12.8 Å². The Morgan fingerprint density at radius 3 is 1.46 bits per heavy atom. The van der Waals surface area contributed by atoms with Gasteiger partial charge in [-0.1, -0.05) is 135 Å². The van der Waals surface area contributed by atoms with E-state index in [-0.39, 0.29) is 12.1 Å². The van der Waals surface area contributed by atoms with Crippen LogP contribution in [-0.4, -0.2) is 23.1 Å². The number of carbonyl (C=O) groups is 2. The Hall–Kier alpha value is -1.32. The largest absolute Gasteiger partial charge is 0.481 e. The summed E-state index contributed by atoms with van der Waals surface area (Å²) in [6.07, 6.45) is 37.1. The molecule has 0 aromatic rings. The van der Waals surface area contributed by atoms with Crippen LogP contribution in [-0.2, 0) is 14.3 Å². The predicted molar refractivity (Wildman–Crippen MR) is 167 cm³/mol. The Bertz CT molecular complexity index is 557. The van der Waals surface area contributed by atoms with E-state index >= 15 is 0 Å². The first-order valence-corrected chi connectivity index (χ1v) is 17.2. The number of hydrogen-bond acceptors (Lipinski definition) is 3. The lowest BCUT2D eigenvalue weighted by molar-refractivity contribution is -0.150. The predicted octanol–water partition coefficient (Wildman–Crippen LogP) is 11.5. The molecule has 39 heavy (non-hydrogen) atoms. The van der Waals surface area contributed by atoms with Crippen LogP contribution in [0.1, 0.15) is 194 Å². The van der Waals surface area contributed by atoms with Crippen LogP contribution in [0.3, 0.4) is 0 Å². The molecule has 1 atom stereocenters. The van der Waals surface area contributed by atoms with Crippen LogP contribution < -0.4 is 0 Å². The maximum absolute atomic E-state index is 12.3. The highest BCUT2D eigenvalue weighted by atomic mass is 16.5. The van der Waals surface area contributed by atoms with Gasteiger partial charge in [0, 0.05) is 12.8 Å². The van der Waals surface area contributed by atoms with Gasteiger partial charge in [0.1, 0.15) is 6.10 Å². The normalized spacial score (nSPS) is 12.3. The number of allylic oxidation sites excluding steroid dienone is 2. The topological polar surface area (TPSA) is 63.6 Å². The highest BCUT2D eigenvalue weighted by molar-refractivity contribution is 5.69. The summed E-state index contributed by atoms with van der Waals surface area (Å²) in [6, 6.07) is 0. The van der Waals surface area contributed by atoms with Crippen molar-refractivity contribution in [1.82, 2.24) is 0 Å². The molecular formula is C35H66O4. The molecule has 0 heterocycles. The van der Waals surface area contributed by atoms with Gasteiger partial charge in [-0.3, -0.25) is 9.59 Å². The molecule has 0 radical (unpaired) electrons. The van der Waals surface area contributed by atoms with Crippen molar-refractivity contribution in [1.29, 1.82) is 0 Å². The van der Waals surface area contributed by atoms with Crippen LogP contribution >= 0.6 is 0 Å². The number of ether oxygens (including phenoxy) is 1. The van der Waals surface area contributed by atoms with Crippen molar-refractivity contribution in [3.63, 3.8) is 0 Å². The minimum atomic E-state index is -0.677. The molecule has 230 valence electrons. The summed E-state index contributed by atoms with van der Waals surface area (Å²) in [5.74, 6) is -0.668. The lowest BCUT2D eigenvalue weighted by Gasteiger charge is -2.17. The quantitative estimate of drug-likeness (QED) is 0.0529. The van der Waals surface area contributed by atoms with E-state index in [2.05, 4.69) is 26.0 Å². The van der Waals surface area contributed by atoms with Gasteiger partial charge in [0.05, 0.1) is 0 Å². The molecule has 4 heteroatoms. The van der Waals surface area contributed by atoms with Crippen molar-refractivity contribution < 1.29 is 19.4 Å². The zero-order valence-corrected chi connectivity index (χ0v) is 26.2.